The van der Waals surface area contributed by atoms with Gasteiger partial charge in [-0.05, 0) is 48.5 Å². The highest BCUT2D eigenvalue weighted by molar-refractivity contribution is 6.19. The van der Waals surface area contributed by atoms with E-state index < -0.39 is 0 Å². The van der Waals surface area contributed by atoms with Gasteiger partial charge in [0.1, 0.15) is 11.6 Å². The van der Waals surface area contributed by atoms with Gasteiger partial charge < -0.3 is 4.57 Å². The lowest BCUT2D eigenvalue weighted by molar-refractivity contribution is 0.954. The monoisotopic (exact) mass is 894 g/mol. The van der Waals surface area contributed by atoms with Crippen molar-refractivity contribution in [1.29, 1.82) is 0 Å². The Hall–Kier alpha value is -9.66. The molecule has 0 saturated carbocycles. The minimum Gasteiger partial charge on any atom is -0.309 e. The fourth-order valence-electron chi connectivity index (χ4n) is 11.0. The Balaban J connectivity index is 1.04. The maximum atomic E-state index is 5.66. The van der Waals surface area contributed by atoms with Gasteiger partial charge in [0.2, 0.25) is 5.95 Å². The minimum atomic E-state index is 0.558. The van der Waals surface area contributed by atoms with Crippen LogP contribution in [0.4, 0.5) is 0 Å². The first-order valence-corrected chi connectivity index (χ1v) is 23.6. The summed E-state index contributed by atoms with van der Waals surface area (Å²) in [4.78, 5) is 21.2. The zero-order chi connectivity index (χ0) is 45.9. The van der Waals surface area contributed by atoms with E-state index in [9.17, 15) is 0 Å². The smallest absolute Gasteiger partial charge is 0.238 e. The molecule has 0 N–H and O–H groups in total. The van der Waals surface area contributed by atoms with E-state index in [0.29, 0.717) is 17.6 Å². The number of fused-ring (bicyclic) bond motifs is 12. The summed E-state index contributed by atoms with van der Waals surface area (Å²) in [5.74, 6) is 3.44. The SMILES string of the molecule is c1ccc(-c2nc(-c3ccccc3)nc(-n3c4ccccc4c4cc5c(cc43)c3ccccc3n5-c3cc(-n4c5ccccc5c5ccccc54)nc(-n4c5ccccc5c5ccccc54)c3)n2)cc1. The highest BCUT2D eigenvalue weighted by atomic mass is 15.2. The number of aromatic nitrogens is 8. The fourth-order valence-corrected chi connectivity index (χ4v) is 11.0. The van der Waals surface area contributed by atoms with Gasteiger partial charge in [0, 0.05) is 66.3 Å². The molecule has 326 valence electrons. The van der Waals surface area contributed by atoms with Crippen LogP contribution in [0.1, 0.15) is 0 Å². The van der Waals surface area contributed by atoms with Gasteiger partial charge in [-0.2, -0.15) is 9.97 Å². The van der Waals surface area contributed by atoms with Gasteiger partial charge in [-0.25, -0.2) is 9.97 Å². The lowest BCUT2D eigenvalue weighted by atomic mass is 10.1. The van der Waals surface area contributed by atoms with Gasteiger partial charge in [-0.1, -0.05) is 170 Å². The molecule has 0 atom stereocenters. The van der Waals surface area contributed by atoms with Crippen LogP contribution in [0.2, 0.25) is 0 Å². The highest BCUT2D eigenvalue weighted by Crippen LogP contribution is 2.42. The Labute approximate surface area is 400 Å². The van der Waals surface area contributed by atoms with Crippen LogP contribution in [0.25, 0.3) is 133 Å². The normalized spacial score (nSPS) is 12.0. The zero-order valence-electron chi connectivity index (χ0n) is 37.5. The second-order valence-electron chi connectivity index (χ2n) is 17.9. The molecule has 15 rings (SSSR count). The molecule has 8 nitrogen and oxygen atoms in total. The lowest BCUT2D eigenvalue weighted by Gasteiger charge is -2.16. The summed E-state index contributed by atoms with van der Waals surface area (Å²) < 4.78 is 9.29. The van der Waals surface area contributed by atoms with E-state index >= 15 is 0 Å². The highest BCUT2D eigenvalue weighted by Gasteiger charge is 2.24. The largest absolute Gasteiger partial charge is 0.309 e. The predicted molar refractivity (Wildman–Crippen MR) is 286 cm³/mol. The minimum absolute atomic E-state index is 0.558. The second-order valence-corrected chi connectivity index (χ2v) is 17.9. The molecule has 0 amide bonds. The van der Waals surface area contributed by atoms with Crippen LogP contribution < -0.4 is 0 Å². The summed E-state index contributed by atoms with van der Waals surface area (Å²) >= 11 is 0. The summed E-state index contributed by atoms with van der Waals surface area (Å²) in [6.07, 6.45) is 0. The van der Waals surface area contributed by atoms with E-state index in [-0.39, 0.29) is 0 Å². The van der Waals surface area contributed by atoms with Crippen LogP contribution in [-0.2, 0) is 0 Å². The predicted octanol–water partition coefficient (Wildman–Crippen LogP) is 15.0. The first-order valence-electron chi connectivity index (χ1n) is 23.6. The molecule has 8 heteroatoms. The first kappa shape index (κ1) is 38.4. The van der Waals surface area contributed by atoms with Crippen LogP contribution in [-0.4, -0.2) is 38.2 Å². The van der Waals surface area contributed by atoms with Crippen LogP contribution in [0.5, 0.6) is 0 Å². The third-order valence-corrected chi connectivity index (χ3v) is 14.0. The molecule has 0 saturated heterocycles. The van der Waals surface area contributed by atoms with E-state index in [1.54, 1.807) is 0 Å². The lowest BCUT2D eigenvalue weighted by Crippen LogP contribution is -2.07. The third-order valence-electron chi connectivity index (χ3n) is 14.0. The molecule has 0 spiro atoms. The summed E-state index contributed by atoms with van der Waals surface area (Å²) in [7, 11) is 0. The van der Waals surface area contributed by atoms with Gasteiger partial charge in [0.05, 0.1) is 49.8 Å². The van der Waals surface area contributed by atoms with Crippen LogP contribution in [0.15, 0.2) is 231 Å². The Morgan fingerprint density at radius 1 is 0.229 bits per heavy atom. The van der Waals surface area contributed by atoms with Crippen molar-refractivity contribution in [1.82, 2.24) is 38.2 Å². The quantitative estimate of drug-likeness (QED) is 0.167. The van der Waals surface area contributed by atoms with Gasteiger partial charge in [0.15, 0.2) is 11.6 Å². The third kappa shape index (κ3) is 5.64. The van der Waals surface area contributed by atoms with Crippen LogP contribution in [0.3, 0.4) is 0 Å². The van der Waals surface area contributed by atoms with Crippen LogP contribution >= 0.6 is 0 Å². The molecule has 9 aromatic carbocycles. The molecule has 6 heterocycles. The van der Waals surface area contributed by atoms with E-state index in [1.807, 2.05) is 36.4 Å². The molecule has 0 fully saturated rings. The average Bonchev–Trinajstić information content (AvgIpc) is 4.15. The molecule has 0 aliphatic heterocycles. The number of rotatable bonds is 6. The molecule has 6 aromatic heterocycles. The summed E-state index contributed by atoms with van der Waals surface area (Å²) in [5.41, 5.74) is 11.4. The number of hydrogen-bond acceptors (Lipinski definition) is 4. The summed E-state index contributed by atoms with van der Waals surface area (Å²) in [6, 6.07) is 81.5. The summed E-state index contributed by atoms with van der Waals surface area (Å²) in [5, 5.41) is 9.18. The molecule has 0 aliphatic rings. The van der Waals surface area contributed by atoms with Crippen molar-refractivity contribution in [2.45, 2.75) is 0 Å². The number of hydrogen-bond donors (Lipinski definition) is 0. The Kier molecular flexibility index (Phi) is 8.20. The number of para-hydroxylation sites is 6. The van der Waals surface area contributed by atoms with Crippen LogP contribution in [0, 0.1) is 0 Å². The molecule has 0 aliphatic carbocycles. The van der Waals surface area contributed by atoms with Gasteiger partial charge in [0.25, 0.3) is 0 Å². The van der Waals surface area contributed by atoms with Crippen molar-refractivity contribution in [2.24, 2.45) is 0 Å². The van der Waals surface area contributed by atoms with Crippen molar-refractivity contribution in [3.63, 3.8) is 0 Å². The topological polar surface area (TPSA) is 71.3 Å². The maximum Gasteiger partial charge on any atom is 0.238 e. The number of pyridine rings is 1. The molecule has 0 unspecified atom stereocenters. The van der Waals surface area contributed by atoms with E-state index in [2.05, 4.69) is 212 Å². The van der Waals surface area contributed by atoms with E-state index in [4.69, 9.17) is 19.9 Å². The Morgan fingerprint density at radius 3 is 0.943 bits per heavy atom. The second kappa shape index (κ2) is 14.9. The number of nitrogens with zero attached hydrogens (tertiary/aromatic N) is 8. The van der Waals surface area contributed by atoms with Gasteiger partial charge in [-0.3, -0.25) is 13.7 Å². The Bertz CT molecular complexity index is 4300. The number of benzene rings is 9. The van der Waals surface area contributed by atoms with E-state index in [0.717, 1.165) is 94.1 Å². The molecule has 15 aromatic rings. The van der Waals surface area contributed by atoms with Crippen molar-refractivity contribution >= 4 is 87.2 Å². The van der Waals surface area contributed by atoms with Crippen molar-refractivity contribution in [2.75, 3.05) is 0 Å². The summed E-state index contributed by atoms with van der Waals surface area (Å²) in [6.45, 7) is 0. The van der Waals surface area contributed by atoms with Crippen molar-refractivity contribution in [3.8, 4) is 46.0 Å². The molecule has 70 heavy (non-hydrogen) atoms. The average molecular weight is 895 g/mol. The molecule has 0 radical (unpaired) electrons. The first-order chi connectivity index (χ1) is 34.7. The van der Waals surface area contributed by atoms with Gasteiger partial charge >= 0.3 is 0 Å². The molecular formula is C62H38N8. The molecule has 0 bridgehead atoms. The molecular weight excluding hydrogens is 857 g/mol. The van der Waals surface area contributed by atoms with Crippen molar-refractivity contribution in [3.05, 3.63) is 231 Å². The van der Waals surface area contributed by atoms with E-state index in [1.165, 1.54) is 21.5 Å². The fraction of sp³-hybridized carbons (Fsp3) is 0. The zero-order valence-corrected chi connectivity index (χ0v) is 37.5. The standard InChI is InChI=1S/C62H38N8/c1-3-19-39(20-4-1)60-64-61(40-21-5-2-6-22-40)66-62(65-60)70-55-34-18-12-28-47(55)49-37-56-48(38-57(49)70)46-27-11-13-29-50(46)67(56)41-35-58(68-51-30-14-7-23-42(51)43-24-8-15-31-52(43)68)63-59(36-41)69-53-32-16-9-25-44(53)45-26-10-17-33-54(45)69/h1-38H. The van der Waals surface area contributed by atoms with Crippen molar-refractivity contribution < 1.29 is 0 Å². The Morgan fingerprint density at radius 2 is 0.543 bits per heavy atom. The van der Waals surface area contributed by atoms with Gasteiger partial charge in [-0.15, -0.1) is 0 Å². The maximum absolute atomic E-state index is 5.66.